The van der Waals surface area contributed by atoms with Gasteiger partial charge in [-0.2, -0.15) is 5.10 Å². The Hall–Kier alpha value is -2.14. The molecule has 1 saturated heterocycles. The highest BCUT2D eigenvalue weighted by atomic mass is 16.2. The van der Waals surface area contributed by atoms with Crippen LogP contribution in [-0.4, -0.2) is 34.8 Å². The summed E-state index contributed by atoms with van der Waals surface area (Å²) in [5.74, 6) is 0.828. The predicted molar refractivity (Wildman–Crippen MR) is 97.3 cm³/mol. The molecule has 1 aromatic heterocycles. The van der Waals surface area contributed by atoms with Gasteiger partial charge in [0.15, 0.2) is 0 Å². The second kappa shape index (κ2) is 7.00. The number of nitrogens with zero attached hydrogens (tertiary/aromatic N) is 2. The summed E-state index contributed by atoms with van der Waals surface area (Å²) in [5.41, 5.74) is 2.50. The van der Waals surface area contributed by atoms with Gasteiger partial charge in [0.05, 0.1) is 12.1 Å². The lowest BCUT2D eigenvalue weighted by Gasteiger charge is -2.25. The van der Waals surface area contributed by atoms with Crippen molar-refractivity contribution in [3.63, 3.8) is 0 Å². The summed E-state index contributed by atoms with van der Waals surface area (Å²) < 4.78 is 1.81. The van der Waals surface area contributed by atoms with Crippen molar-refractivity contribution >= 4 is 5.91 Å². The zero-order valence-corrected chi connectivity index (χ0v) is 14.7. The van der Waals surface area contributed by atoms with Crippen LogP contribution in [0.25, 0.3) is 0 Å². The lowest BCUT2D eigenvalue weighted by atomic mass is 9.89. The van der Waals surface area contributed by atoms with Crippen LogP contribution in [0, 0.1) is 5.92 Å². The molecule has 1 aromatic carbocycles. The molecule has 4 rings (SSSR count). The highest BCUT2D eigenvalue weighted by Gasteiger charge is 2.37. The van der Waals surface area contributed by atoms with Crippen molar-refractivity contribution in [3.05, 3.63) is 53.9 Å². The lowest BCUT2D eigenvalue weighted by Crippen LogP contribution is -2.42. The van der Waals surface area contributed by atoms with E-state index < -0.39 is 0 Å². The fraction of sp³-hybridized carbons (Fsp3) is 0.500. The van der Waals surface area contributed by atoms with Crippen LogP contribution in [0.5, 0.6) is 0 Å². The van der Waals surface area contributed by atoms with E-state index in [0.717, 1.165) is 31.5 Å². The second-order valence-electron chi connectivity index (χ2n) is 7.38. The van der Waals surface area contributed by atoms with E-state index in [9.17, 15) is 4.79 Å². The van der Waals surface area contributed by atoms with Gasteiger partial charge in [-0.05, 0) is 24.0 Å². The fourth-order valence-electron chi connectivity index (χ4n) is 4.46. The normalized spacial score (nSPS) is 29.0. The Balaban J connectivity index is 1.46. The minimum absolute atomic E-state index is 0.0128. The molecule has 25 heavy (non-hydrogen) atoms. The number of carbonyl (C=O) groups excluding carboxylic acids is 1. The molecule has 0 spiro atoms. The van der Waals surface area contributed by atoms with E-state index in [-0.39, 0.29) is 23.8 Å². The Morgan fingerprint density at radius 3 is 2.76 bits per heavy atom. The summed E-state index contributed by atoms with van der Waals surface area (Å²) in [6.07, 6.45) is 7.33. The first-order chi connectivity index (χ1) is 12.2. The highest BCUT2D eigenvalue weighted by Crippen LogP contribution is 2.35. The minimum Gasteiger partial charge on any atom is -0.352 e. The molecule has 2 aromatic rings. The van der Waals surface area contributed by atoms with Gasteiger partial charge >= 0.3 is 0 Å². The smallest absolute Gasteiger partial charge is 0.225 e. The molecule has 1 amide bonds. The maximum absolute atomic E-state index is 13.0. The molecule has 2 heterocycles. The molecular weight excluding hydrogens is 312 g/mol. The lowest BCUT2D eigenvalue weighted by molar-refractivity contribution is -0.125. The molecule has 0 radical (unpaired) electrons. The van der Waals surface area contributed by atoms with Crippen LogP contribution in [0.2, 0.25) is 0 Å². The summed E-state index contributed by atoms with van der Waals surface area (Å²) in [6, 6.07) is 10.9. The Labute approximate surface area is 148 Å². The fourth-order valence-corrected chi connectivity index (χ4v) is 4.46. The average Bonchev–Trinajstić information content (AvgIpc) is 3.35. The van der Waals surface area contributed by atoms with Crippen LogP contribution in [0.15, 0.2) is 42.7 Å². The standard InChI is InChI=1S/C20H26N4O/c1-24-13-15(10-22-24)17-11-21-12-18(17)20(25)23-19-9-5-8-16(19)14-6-3-2-4-7-14/h2-4,6-7,10,13,16-19,21H,5,8-9,11-12H2,1H3,(H,23,25)/t16?,17-,18+,19?/m1/s1. The van der Waals surface area contributed by atoms with Crippen LogP contribution in [0.4, 0.5) is 0 Å². The predicted octanol–water partition coefficient (Wildman–Crippen LogP) is 2.18. The van der Waals surface area contributed by atoms with Crippen molar-refractivity contribution in [2.75, 3.05) is 13.1 Å². The number of nitrogens with one attached hydrogen (secondary N) is 2. The highest BCUT2D eigenvalue weighted by molar-refractivity contribution is 5.81. The van der Waals surface area contributed by atoms with Crippen LogP contribution in [0.3, 0.4) is 0 Å². The molecule has 1 aliphatic heterocycles. The van der Waals surface area contributed by atoms with Crippen molar-refractivity contribution in [3.8, 4) is 0 Å². The van der Waals surface area contributed by atoms with E-state index in [1.807, 2.05) is 24.1 Å². The molecule has 2 aliphatic rings. The second-order valence-corrected chi connectivity index (χ2v) is 7.38. The van der Waals surface area contributed by atoms with Gasteiger partial charge in [-0.15, -0.1) is 0 Å². The van der Waals surface area contributed by atoms with Gasteiger partial charge in [0, 0.05) is 44.2 Å². The maximum Gasteiger partial charge on any atom is 0.225 e. The molecule has 0 bridgehead atoms. The van der Waals surface area contributed by atoms with Crippen LogP contribution in [-0.2, 0) is 11.8 Å². The van der Waals surface area contributed by atoms with Gasteiger partial charge in [0.1, 0.15) is 0 Å². The van der Waals surface area contributed by atoms with Crippen LogP contribution < -0.4 is 10.6 Å². The van der Waals surface area contributed by atoms with Gasteiger partial charge in [-0.1, -0.05) is 36.8 Å². The van der Waals surface area contributed by atoms with Crippen molar-refractivity contribution < 1.29 is 4.79 Å². The first-order valence-electron chi connectivity index (χ1n) is 9.27. The molecule has 2 N–H and O–H groups in total. The van der Waals surface area contributed by atoms with E-state index in [4.69, 9.17) is 0 Å². The first-order valence-corrected chi connectivity index (χ1v) is 9.27. The Morgan fingerprint density at radius 2 is 2.00 bits per heavy atom. The van der Waals surface area contributed by atoms with Crippen molar-refractivity contribution in [1.29, 1.82) is 0 Å². The number of amides is 1. The Morgan fingerprint density at radius 1 is 1.16 bits per heavy atom. The molecule has 4 atom stereocenters. The average molecular weight is 338 g/mol. The number of benzene rings is 1. The number of aromatic nitrogens is 2. The maximum atomic E-state index is 13.0. The third-order valence-electron chi connectivity index (χ3n) is 5.78. The van der Waals surface area contributed by atoms with Gasteiger partial charge in [-0.3, -0.25) is 9.48 Å². The van der Waals surface area contributed by atoms with E-state index >= 15 is 0 Å². The van der Waals surface area contributed by atoms with Crippen LogP contribution >= 0.6 is 0 Å². The minimum atomic E-state index is -0.0128. The van der Waals surface area contributed by atoms with E-state index in [2.05, 4.69) is 46.1 Å². The van der Waals surface area contributed by atoms with Crippen molar-refractivity contribution in [1.82, 2.24) is 20.4 Å². The van der Waals surface area contributed by atoms with Gasteiger partial charge < -0.3 is 10.6 Å². The van der Waals surface area contributed by atoms with Crippen molar-refractivity contribution in [2.45, 2.75) is 37.1 Å². The molecule has 1 aliphatic carbocycles. The van der Waals surface area contributed by atoms with Gasteiger partial charge in [0.2, 0.25) is 5.91 Å². The number of hydrogen-bond donors (Lipinski definition) is 2. The summed E-state index contributed by atoms with van der Waals surface area (Å²) in [7, 11) is 1.92. The monoisotopic (exact) mass is 338 g/mol. The quantitative estimate of drug-likeness (QED) is 0.898. The van der Waals surface area contributed by atoms with E-state index in [0.29, 0.717) is 5.92 Å². The van der Waals surface area contributed by atoms with Gasteiger partial charge in [-0.25, -0.2) is 0 Å². The first kappa shape index (κ1) is 16.3. The van der Waals surface area contributed by atoms with E-state index in [1.54, 1.807) is 0 Å². The van der Waals surface area contributed by atoms with Crippen LogP contribution in [0.1, 0.15) is 42.2 Å². The summed E-state index contributed by atoms with van der Waals surface area (Å²) in [6.45, 7) is 1.59. The van der Waals surface area contributed by atoms with Crippen molar-refractivity contribution in [2.24, 2.45) is 13.0 Å². The molecule has 2 unspecified atom stereocenters. The number of carbonyl (C=O) groups is 1. The largest absolute Gasteiger partial charge is 0.352 e. The number of rotatable bonds is 4. The summed E-state index contributed by atoms with van der Waals surface area (Å²) in [5, 5.41) is 11.0. The number of aryl methyl sites for hydroxylation is 1. The zero-order chi connectivity index (χ0) is 17.2. The third kappa shape index (κ3) is 3.33. The molecule has 2 fully saturated rings. The molecule has 1 saturated carbocycles. The molecule has 5 nitrogen and oxygen atoms in total. The zero-order valence-electron chi connectivity index (χ0n) is 14.7. The molecule has 5 heteroatoms. The molecular formula is C20H26N4O. The van der Waals surface area contributed by atoms with Gasteiger partial charge in [0.25, 0.3) is 0 Å². The Bertz CT molecular complexity index is 726. The molecule has 132 valence electrons. The summed E-state index contributed by atoms with van der Waals surface area (Å²) in [4.78, 5) is 13.0. The Kier molecular flexibility index (Phi) is 4.57. The topological polar surface area (TPSA) is 59.0 Å². The van der Waals surface area contributed by atoms with E-state index in [1.165, 1.54) is 12.0 Å². The third-order valence-corrected chi connectivity index (χ3v) is 5.78. The summed E-state index contributed by atoms with van der Waals surface area (Å²) >= 11 is 0. The SMILES string of the molecule is Cn1cc([C@H]2CNC[C@@H]2C(=O)NC2CCCC2c2ccccc2)cn1. The number of hydrogen-bond acceptors (Lipinski definition) is 3.